The van der Waals surface area contributed by atoms with Gasteiger partial charge in [-0.3, -0.25) is 4.79 Å². The van der Waals surface area contributed by atoms with Crippen LogP contribution in [0.4, 0.5) is 5.69 Å². The van der Waals surface area contributed by atoms with Gasteiger partial charge in [0, 0.05) is 10.2 Å². The normalized spacial score (nSPS) is 10.7. The minimum atomic E-state index is -0.236. The third-order valence-electron chi connectivity index (χ3n) is 3.32. The number of hydrogen-bond donors (Lipinski definition) is 2. The Kier molecular flexibility index (Phi) is 8.86. The molecule has 0 unspecified atom stereocenters. The van der Waals surface area contributed by atoms with Crippen molar-refractivity contribution in [3.8, 4) is 11.5 Å². The van der Waals surface area contributed by atoms with Crippen molar-refractivity contribution in [1.29, 1.82) is 0 Å². The number of nitrogens with one attached hydrogen (secondary N) is 2. The van der Waals surface area contributed by atoms with E-state index in [1.807, 2.05) is 50.2 Å². The molecule has 8 heteroatoms. The van der Waals surface area contributed by atoms with Crippen LogP contribution in [-0.2, 0) is 4.79 Å². The largest absolute Gasteiger partial charge is 0.490 e. The quantitative estimate of drug-likeness (QED) is 0.278. The summed E-state index contributed by atoms with van der Waals surface area (Å²) < 4.78 is 13.2. The summed E-state index contributed by atoms with van der Waals surface area (Å²) in [5, 5.41) is 7.05. The van der Waals surface area contributed by atoms with Crippen LogP contribution in [0.5, 0.6) is 11.5 Å². The zero-order valence-corrected chi connectivity index (χ0v) is 18.8. The summed E-state index contributed by atoms with van der Waals surface area (Å²) in [5.74, 6) is 1.15. The van der Waals surface area contributed by atoms with Gasteiger partial charge in [-0.25, -0.2) is 5.43 Å². The van der Waals surface area contributed by atoms with E-state index in [4.69, 9.17) is 9.47 Å². The van der Waals surface area contributed by atoms with Crippen LogP contribution in [0.1, 0.15) is 19.4 Å². The van der Waals surface area contributed by atoms with E-state index in [0.717, 1.165) is 25.0 Å². The summed E-state index contributed by atoms with van der Waals surface area (Å²) in [6.07, 6.45) is 1.58. The number of benzene rings is 2. The first-order valence-electron chi connectivity index (χ1n) is 8.44. The number of hydrazone groups is 1. The zero-order chi connectivity index (χ0) is 19.6. The maximum absolute atomic E-state index is 11.9. The third kappa shape index (κ3) is 7.02. The first kappa shape index (κ1) is 21.5. The highest BCUT2D eigenvalue weighted by Crippen LogP contribution is 2.33. The Morgan fingerprint density at radius 1 is 1.19 bits per heavy atom. The van der Waals surface area contributed by atoms with E-state index in [1.165, 1.54) is 0 Å². The molecule has 27 heavy (non-hydrogen) atoms. The van der Waals surface area contributed by atoms with Crippen LogP contribution >= 0.6 is 38.5 Å². The van der Waals surface area contributed by atoms with Crippen LogP contribution in [0.25, 0.3) is 0 Å². The number of hydrogen-bond acceptors (Lipinski definition) is 5. The molecular formula is C19H21BrIN3O3. The molecule has 0 atom stereocenters. The molecule has 0 saturated heterocycles. The number of nitrogens with zero attached hydrogens (tertiary/aromatic N) is 1. The number of carbonyl (C=O) groups is 1. The molecular weight excluding hydrogens is 525 g/mol. The molecule has 2 rings (SSSR count). The topological polar surface area (TPSA) is 72.0 Å². The molecule has 0 fully saturated rings. The Morgan fingerprint density at radius 3 is 2.56 bits per heavy atom. The van der Waals surface area contributed by atoms with Crippen LogP contribution in [0.2, 0.25) is 0 Å². The van der Waals surface area contributed by atoms with Crippen molar-refractivity contribution in [3.63, 3.8) is 0 Å². The second-order valence-corrected chi connectivity index (χ2v) is 7.43. The van der Waals surface area contributed by atoms with E-state index >= 15 is 0 Å². The van der Waals surface area contributed by atoms with Gasteiger partial charge in [-0.15, -0.1) is 0 Å². The molecule has 2 aromatic carbocycles. The Morgan fingerprint density at radius 2 is 1.89 bits per heavy atom. The van der Waals surface area contributed by atoms with Crippen molar-refractivity contribution in [1.82, 2.24) is 5.43 Å². The highest BCUT2D eigenvalue weighted by atomic mass is 127. The molecule has 0 spiro atoms. The fraction of sp³-hybridized carbons (Fsp3) is 0.263. The standard InChI is InChI=1S/C19H21BrIN3O3/c1-3-26-17-10-13(9-16(21)19(17)27-4-2)11-23-24-18(25)12-22-15-7-5-14(20)6-8-15/h5-11,22H,3-4,12H2,1-2H3,(H,24,25)/b23-11-. The average molecular weight is 546 g/mol. The number of anilines is 1. The van der Waals surface area contributed by atoms with Gasteiger partial charge in [-0.05, 0) is 78.4 Å². The molecule has 0 aliphatic heterocycles. The fourth-order valence-electron chi connectivity index (χ4n) is 2.18. The number of halogens is 2. The van der Waals surface area contributed by atoms with E-state index in [2.05, 4.69) is 54.4 Å². The molecule has 0 bridgehead atoms. The van der Waals surface area contributed by atoms with Gasteiger partial charge in [0.1, 0.15) is 0 Å². The van der Waals surface area contributed by atoms with Crippen LogP contribution in [0.15, 0.2) is 46.0 Å². The van der Waals surface area contributed by atoms with Gasteiger partial charge in [0.05, 0.1) is 29.5 Å². The first-order valence-corrected chi connectivity index (χ1v) is 10.3. The van der Waals surface area contributed by atoms with E-state index < -0.39 is 0 Å². The second-order valence-electron chi connectivity index (χ2n) is 5.35. The minimum Gasteiger partial charge on any atom is -0.490 e. The monoisotopic (exact) mass is 545 g/mol. The Bertz CT molecular complexity index is 798. The number of rotatable bonds is 9. The van der Waals surface area contributed by atoms with Crippen molar-refractivity contribution in [3.05, 3.63) is 50.0 Å². The summed E-state index contributed by atoms with van der Waals surface area (Å²) >= 11 is 5.57. The molecule has 0 heterocycles. The van der Waals surface area contributed by atoms with Crippen molar-refractivity contribution in [2.45, 2.75) is 13.8 Å². The van der Waals surface area contributed by atoms with Gasteiger partial charge < -0.3 is 14.8 Å². The van der Waals surface area contributed by atoms with E-state index in [1.54, 1.807) is 6.21 Å². The maximum Gasteiger partial charge on any atom is 0.259 e. The number of ether oxygens (including phenoxy) is 2. The molecule has 0 aliphatic rings. The molecule has 1 amide bonds. The van der Waals surface area contributed by atoms with Crippen LogP contribution < -0.4 is 20.2 Å². The smallest absolute Gasteiger partial charge is 0.259 e. The summed E-state index contributed by atoms with van der Waals surface area (Å²) in [6, 6.07) is 11.3. The average Bonchev–Trinajstić information content (AvgIpc) is 2.64. The fourth-order valence-corrected chi connectivity index (χ4v) is 3.22. The van der Waals surface area contributed by atoms with Gasteiger partial charge in [0.25, 0.3) is 5.91 Å². The first-order chi connectivity index (χ1) is 13.0. The lowest BCUT2D eigenvalue weighted by atomic mass is 10.2. The number of amides is 1. The van der Waals surface area contributed by atoms with Crippen molar-refractivity contribution in [2.24, 2.45) is 5.10 Å². The summed E-state index contributed by atoms with van der Waals surface area (Å²) in [4.78, 5) is 11.9. The molecule has 144 valence electrons. The predicted octanol–water partition coefficient (Wildman–Crippen LogP) is 4.41. The van der Waals surface area contributed by atoms with Crippen molar-refractivity contribution in [2.75, 3.05) is 25.1 Å². The lowest BCUT2D eigenvalue weighted by Gasteiger charge is -2.13. The van der Waals surface area contributed by atoms with Gasteiger partial charge >= 0.3 is 0 Å². The Hall–Kier alpha value is -1.81. The maximum atomic E-state index is 11.9. The van der Waals surface area contributed by atoms with Gasteiger partial charge in [-0.2, -0.15) is 5.10 Å². The van der Waals surface area contributed by atoms with E-state index in [0.29, 0.717) is 19.0 Å². The Labute approximate surface area is 181 Å². The second kappa shape index (κ2) is 11.1. The lowest BCUT2D eigenvalue weighted by Crippen LogP contribution is -2.25. The molecule has 6 nitrogen and oxygen atoms in total. The Balaban J connectivity index is 1.94. The zero-order valence-electron chi connectivity index (χ0n) is 15.1. The van der Waals surface area contributed by atoms with Crippen LogP contribution in [0.3, 0.4) is 0 Å². The highest BCUT2D eigenvalue weighted by Gasteiger charge is 2.11. The molecule has 0 radical (unpaired) electrons. The predicted molar refractivity (Wildman–Crippen MR) is 120 cm³/mol. The van der Waals surface area contributed by atoms with Gasteiger partial charge in [0.15, 0.2) is 11.5 Å². The molecule has 2 aromatic rings. The summed E-state index contributed by atoms with van der Waals surface area (Å²) in [7, 11) is 0. The van der Waals surface area contributed by atoms with Crippen LogP contribution in [0, 0.1) is 3.57 Å². The van der Waals surface area contributed by atoms with E-state index in [9.17, 15) is 4.79 Å². The van der Waals surface area contributed by atoms with Crippen molar-refractivity contribution >= 4 is 56.3 Å². The minimum absolute atomic E-state index is 0.129. The SMILES string of the molecule is CCOc1cc(/C=N\NC(=O)CNc2ccc(Br)cc2)cc(I)c1OCC. The summed E-state index contributed by atoms with van der Waals surface area (Å²) in [6.45, 7) is 5.07. The van der Waals surface area contributed by atoms with Gasteiger partial charge in [-0.1, -0.05) is 15.9 Å². The molecule has 0 saturated carbocycles. The van der Waals surface area contributed by atoms with E-state index in [-0.39, 0.29) is 12.5 Å². The highest BCUT2D eigenvalue weighted by molar-refractivity contribution is 14.1. The van der Waals surface area contributed by atoms with Gasteiger partial charge in [0.2, 0.25) is 0 Å². The third-order valence-corrected chi connectivity index (χ3v) is 4.65. The molecule has 0 aromatic heterocycles. The summed E-state index contributed by atoms with van der Waals surface area (Å²) in [5.41, 5.74) is 4.18. The molecule has 0 aliphatic carbocycles. The molecule has 2 N–H and O–H groups in total. The lowest BCUT2D eigenvalue weighted by molar-refractivity contribution is -0.119. The van der Waals surface area contributed by atoms with Crippen molar-refractivity contribution < 1.29 is 14.3 Å². The van der Waals surface area contributed by atoms with Crippen LogP contribution in [-0.4, -0.2) is 31.9 Å². The number of carbonyl (C=O) groups excluding carboxylic acids is 1.